The second-order valence-electron chi connectivity index (χ2n) is 4.01. The minimum absolute atomic E-state index is 0.189. The van der Waals surface area contributed by atoms with Crippen LogP contribution in [0.1, 0.15) is 25.3 Å². The molecular weight excluding hydrogens is 280 g/mol. The molecule has 0 aromatic heterocycles. The number of allylic oxidation sites excluding steroid dienone is 1. The van der Waals surface area contributed by atoms with Gasteiger partial charge >= 0.3 is 11.9 Å². The average molecular weight is 297 g/mol. The molecule has 0 saturated carbocycles. The van der Waals surface area contributed by atoms with Crippen molar-refractivity contribution < 1.29 is 19.1 Å². The van der Waals surface area contributed by atoms with Gasteiger partial charge in [0.15, 0.2) is 0 Å². The summed E-state index contributed by atoms with van der Waals surface area (Å²) < 4.78 is 9.50. The van der Waals surface area contributed by atoms with Gasteiger partial charge in [0, 0.05) is 17.5 Å². The van der Waals surface area contributed by atoms with E-state index >= 15 is 0 Å². The Kier molecular flexibility index (Phi) is 6.81. The molecule has 0 N–H and O–H groups in total. The van der Waals surface area contributed by atoms with Gasteiger partial charge in [0.2, 0.25) is 0 Å². The Bertz CT molecular complexity index is 508. The van der Waals surface area contributed by atoms with Crippen molar-refractivity contribution in [2.45, 2.75) is 19.8 Å². The first kappa shape index (κ1) is 16.2. The number of halogens is 1. The molecule has 1 aromatic carbocycles. The number of hydrogen-bond donors (Lipinski definition) is 0. The number of ether oxygens (including phenoxy) is 2. The molecule has 0 aliphatic carbocycles. The highest BCUT2D eigenvalue weighted by atomic mass is 35.5. The Hall–Kier alpha value is -1.81. The van der Waals surface area contributed by atoms with Crippen LogP contribution >= 0.6 is 11.6 Å². The van der Waals surface area contributed by atoms with Gasteiger partial charge in [-0.2, -0.15) is 0 Å². The highest BCUT2D eigenvalue weighted by Crippen LogP contribution is 2.23. The number of hydrogen-bond acceptors (Lipinski definition) is 4. The molecule has 4 nitrogen and oxygen atoms in total. The van der Waals surface area contributed by atoms with Crippen LogP contribution in [0, 0.1) is 0 Å². The zero-order valence-electron chi connectivity index (χ0n) is 11.5. The van der Waals surface area contributed by atoms with Crippen LogP contribution in [0.25, 0.3) is 5.57 Å². The topological polar surface area (TPSA) is 52.6 Å². The lowest BCUT2D eigenvalue weighted by molar-refractivity contribution is -0.140. The molecule has 0 spiro atoms. The molecular formula is C15H17ClO4. The number of esters is 2. The summed E-state index contributed by atoms with van der Waals surface area (Å²) in [6, 6.07) is 7.10. The van der Waals surface area contributed by atoms with Crippen molar-refractivity contribution in [1.82, 2.24) is 0 Å². The van der Waals surface area contributed by atoms with Crippen LogP contribution in [0.4, 0.5) is 0 Å². The van der Waals surface area contributed by atoms with Crippen LogP contribution in [-0.4, -0.2) is 25.7 Å². The van der Waals surface area contributed by atoms with Gasteiger partial charge in [0.1, 0.15) is 0 Å². The van der Waals surface area contributed by atoms with Gasteiger partial charge in [-0.05, 0) is 36.6 Å². The zero-order chi connectivity index (χ0) is 15.0. The smallest absolute Gasteiger partial charge is 0.331 e. The van der Waals surface area contributed by atoms with Gasteiger partial charge in [-0.3, -0.25) is 4.79 Å². The molecule has 0 heterocycles. The summed E-state index contributed by atoms with van der Waals surface area (Å²) in [5.41, 5.74) is 1.48. The van der Waals surface area contributed by atoms with E-state index < -0.39 is 5.97 Å². The van der Waals surface area contributed by atoms with Crippen molar-refractivity contribution in [3.05, 3.63) is 40.9 Å². The molecule has 0 fully saturated rings. The summed E-state index contributed by atoms with van der Waals surface area (Å²) in [6.07, 6.45) is 1.96. The summed E-state index contributed by atoms with van der Waals surface area (Å²) in [4.78, 5) is 22.8. The van der Waals surface area contributed by atoms with Crippen LogP contribution in [0.15, 0.2) is 30.3 Å². The Balaban J connectivity index is 2.94. The van der Waals surface area contributed by atoms with E-state index in [1.165, 1.54) is 13.2 Å². The lowest BCUT2D eigenvalue weighted by Gasteiger charge is -2.08. The van der Waals surface area contributed by atoms with Crippen LogP contribution < -0.4 is 0 Å². The Morgan fingerprint density at radius 2 is 2.05 bits per heavy atom. The third-order valence-electron chi connectivity index (χ3n) is 2.60. The van der Waals surface area contributed by atoms with E-state index in [0.29, 0.717) is 23.6 Å². The van der Waals surface area contributed by atoms with E-state index in [2.05, 4.69) is 4.74 Å². The number of carbonyl (C=O) groups excluding carboxylic acids is 2. The predicted molar refractivity (Wildman–Crippen MR) is 77.3 cm³/mol. The fraction of sp³-hybridized carbons (Fsp3) is 0.333. The minimum Gasteiger partial charge on any atom is -0.469 e. The molecule has 0 atom stereocenters. The first-order valence-corrected chi connectivity index (χ1v) is 6.64. The summed E-state index contributed by atoms with van der Waals surface area (Å²) in [5, 5.41) is 0.565. The Morgan fingerprint density at radius 1 is 1.30 bits per heavy atom. The monoisotopic (exact) mass is 296 g/mol. The molecule has 0 radical (unpaired) electrons. The number of benzene rings is 1. The van der Waals surface area contributed by atoms with E-state index in [9.17, 15) is 9.59 Å². The molecule has 1 rings (SSSR count). The Morgan fingerprint density at radius 3 is 2.65 bits per heavy atom. The highest BCUT2D eigenvalue weighted by molar-refractivity contribution is 6.30. The third-order valence-corrected chi connectivity index (χ3v) is 2.84. The molecule has 0 unspecified atom stereocenters. The van der Waals surface area contributed by atoms with Gasteiger partial charge in [-0.15, -0.1) is 0 Å². The van der Waals surface area contributed by atoms with E-state index in [0.717, 1.165) is 5.56 Å². The lowest BCUT2D eigenvalue weighted by Crippen LogP contribution is -2.04. The molecule has 0 saturated heterocycles. The fourth-order valence-electron chi connectivity index (χ4n) is 1.65. The lowest BCUT2D eigenvalue weighted by atomic mass is 10.0. The van der Waals surface area contributed by atoms with Gasteiger partial charge in [0.25, 0.3) is 0 Å². The van der Waals surface area contributed by atoms with E-state index in [4.69, 9.17) is 16.3 Å². The minimum atomic E-state index is -0.438. The summed E-state index contributed by atoms with van der Waals surface area (Å²) >= 11 is 5.94. The first-order valence-electron chi connectivity index (χ1n) is 6.27. The van der Waals surface area contributed by atoms with Gasteiger partial charge in [-0.25, -0.2) is 4.79 Å². The third kappa shape index (κ3) is 5.45. The number of rotatable bonds is 6. The second-order valence-corrected chi connectivity index (χ2v) is 4.44. The maximum Gasteiger partial charge on any atom is 0.331 e. The number of methoxy groups -OCH3 is 1. The van der Waals surface area contributed by atoms with E-state index in [1.54, 1.807) is 25.1 Å². The molecule has 1 aromatic rings. The number of carbonyl (C=O) groups is 2. The Labute approximate surface area is 123 Å². The van der Waals surface area contributed by atoms with Gasteiger partial charge in [0.05, 0.1) is 13.7 Å². The van der Waals surface area contributed by atoms with E-state index in [-0.39, 0.29) is 12.4 Å². The van der Waals surface area contributed by atoms with Gasteiger partial charge in [-0.1, -0.05) is 23.7 Å². The standard InChI is InChI=1S/C15H17ClO4/c1-3-20-15(18)10-12(7-8-14(17)19-2)11-5-4-6-13(16)9-11/h4-6,9-10H,3,7-8H2,1-2H3/b12-10+. The fourth-order valence-corrected chi connectivity index (χ4v) is 1.84. The second kappa shape index (κ2) is 8.38. The quantitative estimate of drug-likeness (QED) is 0.597. The molecule has 108 valence electrons. The normalized spacial score (nSPS) is 11.1. The molecule has 20 heavy (non-hydrogen) atoms. The van der Waals surface area contributed by atoms with Crippen molar-refractivity contribution >= 4 is 29.1 Å². The first-order chi connectivity index (χ1) is 9.56. The SMILES string of the molecule is CCOC(=O)/C=C(\CCC(=O)OC)c1cccc(Cl)c1. The summed E-state index contributed by atoms with van der Waals surface area (Å²) in [6.45, 7) is 2.04. The van der Waals surface area contributed by atoms with Crippen molar-refractivity contribution in [2.24, 2.45) is 0 Å². The molecule has 0 bridgehead atoms. The average Bonchev–Trinajstić information content (AvgIpc) is 2.43. The van der Waals surface area contributed by atoms with Crippen molar-refractivity contribution in [2.75, 3.05) is 13.7 Å². The van der Waals surface area contributed by atoms with Crippen LogP contribution in [-0.2, 0) is 19.1 Å². The highest BCUT2D eigenvalue weighted by Gasteiger charge is 2.09. The maximum absolute atomic E-state index is 11.6. The van der Waals surface area contributed by atoms with Crippen molar-refractivity contribution in [1.29, 1.82) is 0 Å². The molecule has 0 aliphatic rings. The largest absolute Gasteiger partial charge is 0.469 e. The van der Waals surface area contributed by atoms with E-state index in [1.807, 2.05) is 6.07 Å². The van der Waals surface area contributed by atoms with Crippen molar-refractivity contribution in [3.8, 4) is 0 Å². The van der Waals surface area contributed by atoms with Crippen LogP contribution in [0.2, 0.25) is 5.02 Å². The van der Waals surface area contributed by atoms with Gasteiger partial charge < -0.3 is 9.47 Å². The van der Waals surface area contributed by atoms with Crippen LogP contribution in [0.5, 0.6) is 0 Å². The summed E-state index contributed by atoms with van der Waals surface area (Å²) in [5.74, 6) is -0.769. The van der Waals surface area contributed by atoms with Crippen LogP contribution in [0.3, 0.4) is 0 Å². The predicted octanol–water partition coefficient (Wildman–Crippen LogP) is 3.24. The molecule has 0 amide bonds. The van der Waals surface area contributed by atoms with Crippen molar-refractivity contribution in [3.63, 3.8) is 0 Å². The maximum atomic E-state index is 11.6. The zero-order valence-corrected chi connectivity index (χ0v) is 12.3. The molecule has 5 heteroatoms. The summed E-state index contributed by atoms with van der Waals surface area (Å²) in [7, 11) is 1.33. The molecule has 0 aliphatic heterocycles.